The van der Waals surface area contributed by atoms with E-state index in [4.69, 9.17) is 14.2 Å². The van der Waals surface area contributed by atoms with Crippen LogP contribution in [0.4, 0.5) is 0 Å². The van der Waals surface area contributed by atoms with E-state index in [1.807, 2.05) is 36.4 Å². The Hall–Kier alpha value is -3.12. The van der Waals surface area contributed by atoms with Gasteiger partial charge < -0.3 is 14.2 Å². The second-order valence-electron chi connectivity index (χ2n) is 6.23. The Labute approximate surface area is 160 Å². The summed E-state index contributed by atoms with van der Waals surface area (Å²) in [5.41, 5.74) is 3.28. The van der Waals surface area contributed by atoms with Crippen LogP contribution >= 0.6 is 11.3 Å². The first-order valence-electron chi connectivity index (χ1n) is 8.60. The van der Waals surface area contributed by atoms with Gasteiger partial charge in [-0.1, -0.05) is 36.4 Å². The van der Waals surface area contributed by atoms with Crippen LogP contribution in [0.3, 0.4) is 0 Å². The highest BCUT2D eigenvalue weighted by atomic mass is 32.1. The van der Waals surface area contributed by atoms with Gasteiger partial charge in [-0.05, 0) is 30.2 Å². The Bertz CT molecular complexity index is 1130. The first kappa shape index (κ1) is 16.1. The van der Waals surface area contributed by atoms with Crippen molar-refractivity contribution in [2.45, 2.75) is 13.5 Å². The number of nitrogens with zero attached hydrogens (tertiary/aromatic N) is 2. The van der Waals surface area contributed by atoms with Crippen LogP contribution in [-0.2, 0) is 6.61 Å². The fourth-order valence-electron chi connectivity index (χ4n) is 3.26. The van der Waals surface area contributed by atoms with E-state index >= 15 is 0 Å². The molecule has 5 nitrogen and oxygen atoms in total. The topological polar surface area (TPSA) is 53.5 Å². The van der Waals surface area contributed by atoms with Crippen LogP contribution in [0.1, 0.15) is 10.4 Å². The van der Waals surface area contributed by atoms with Gasteiger partial charge in [0, 0.05) is 10.4 Å². The van der Waals surface area contributed by atoms with Crippen molar-refractivity contribution in [2.24, 2.45) is 0 Å². The number of aromatic nitrogens is 2. The molecule has 0 radical (unpaired) electrons. The van der Waals surface area contributed by atoms with Gasteiger partial charge in [0.2, 0.25) is 12.7 Å². The molecule has 0 saturated heterocycles. The minimum atomic E-state index is 0.265. The van der Waals surface area contributed by atoms with Crippen molar-refractivity contribution in [1.29, 1.82) is 0 Å². The molecule has 0 amide bonds. The molecule has 0 fully saturated rings. The molecule has 0 N–H and O–H groups in total. The molecule has 27 heavy (non-hydrogen) atoms. The highest BCUT2D eigenvalue weighted by molar-refractivity contribution is 7.19. The molecule has 1 aliphatic heterocycles. The van der Waals surface area contributed by atoms with Crippen molar-refractivity contribution in [3.8, 4) is 28.5 Å². The van der Waals surface area contributed by atoms with Crippen LogP contribution in [0.5, 0.6) is 17.4 Å². The van der Waals surface area contributed by atoms with Crippen molar-refractivity contribution >= 4 is 21.6 Å². The molecule has 4 aromatic rings. The predicted molar refractivity (Wildman–Crippen MR) is 104 cm³/mol. The van der Waals surface area contributed by atoms with Crippen LogP contribution in [0, 0.1) is 6.92 Å². The summed E-state index contributed by atoms with van der Waals surface area (Å²) in [6.45, 7) is 2.77. The van der Waals surface area contributed by atoms with Crippen LogP contribution in [0.15, 0.2) is 54.9 Å². The lowest BCUT2D eigenvalue weighted by Crippen LogP contribution is -1.98. The van der Waals surface area contributed by atoms with E-state index in [0.29, 0.717) is 12.5 Å². The normalized spacial score (nSPS) is 12.5. The van der Waals surface area contributed by atoms with E-state index in [9.17, 15) is 0 Å². The number of rotatable bonds is 4. The molecular weight excluding hydrogens is 360 g/mol. The van der Waals surface area contributed by atoms with Gasteiger partial charge in [0.05, 0.1) is 5.39 Å². The van der Waals surface area contributed by atoms with Crippen molar-refractivity contribution < 1.29 is 14.2 Å². The van der Waals surface area contributed by atoms with Gasteiger partial charge in [-0.2, -0.15) is 0 Å². The molecule has 6 heteroatoms. The zero-order chi connectivity index (χ0) is 18.2. The molecule has 0 saturated carbocycles. The van der Waals surface area contributed by atoms with E-state index < -0.39 is 0 Å². The third-order valence-electron chi connectivity index (χ3n) is 4.50. The minimum Gasteiger partial charge on any atom is -0.472 e. The first-order valence-corrected chi connectivity index (χ1v) is 9.42. The summed E-state index contributed by atoms with van der Waals surface area (Å²) in [7, 11) is 0. The molecule has 1 aliphatic rings. The minimum absolute atomic E-state index is 0.265. The molecule has 0 spiro atoms. The Kier molecular flexibility index (Phi) is 3.90. The number of ether oxygens (including phenoxy) is 3. The lowest BCUT2D eigenvalue weighted by Gasteiger charge is -2.09. The molecule has 0 bridgehead atoms. The van der Waals surface area contributed by atoms with Crippen molar-refractivity contribution in [2.75, 3.05) is 6.79 Å². The van der Waals surface area contributed by atoms with Gasteiger partial charge in [0.1, 0.15) is 17.8 Å². The van der Waals surface area contributed by atoms with Gasteiger partial charge in [0.15, 0.2) is 11.5 Å². The lowest BCUT2D eigenvalue weighted by molar-refractivity contribution is 0.174. The van der Waals surface area contributed by atoms with Crippen LogP contribution in [0.2, 0.25) is 0 Å². The standard InChI is InChI=1S/C21H16N2O3S/c1-13-18(15-5-3-2-4-6-15)19-20(22-11-23-21(19)27-13)24-10-14-7-8-16-17(9-14)26-12-25-16/h2-9,11H,10,12H2,1H3. The molecule has 3 heterocycles. The number of aryl methyl sites for hydroxylation is 1. The smallest absolute Gasteiger partial charge is 0.231 e. The monoisotopic (exact) mass is 376 g/mol. The third kappa shape index (κ3) is 2.88. The van der Waals surface area contributed by atoms with Gasteiger partial charge in [-0.25, -0.2) is 9.97 Å². The van der Waals surface area contributed by atoms with Gasteiger partial charge in [-0.3, -0.25) is 0 Å². The maximum Gasteiger partial charge on any atom is 0.231 e. The van der Waals surface area contributed by atoms with E-state index in [-0.39, 0.29) is 6.79 Å². The molecular formula is C21H16N2O3S. The van der Waals surface area contributed by atoms with Gasteiger partial charge in [0.25, 0.3) is 0 Å². The summed E-state index contributed by atoms with van der Waals surface area (Å²) in [5.74, 6) is 2.11. The van der Waals surface area contributed by atoms with Crippen molar-refractivity contribution in [1.82, 2.24) is 9.97 Å². The van der Waals surface area contributed by atoms with Gasteiger partial charge in [-0.15, -0.1) is 11.3 Å². The average molecular weight is 376 g/mol. The quantitative estimate of drug-likeness (QED) is 0.503. The summed E-state index contributed by atoms with van der Waals surface area (Å²) in [6, 6.07) is 16.1. The maximum absolute atomic E-state index is 6.10. The van der Waals surface area contributed by atoms with Crippen LogP contribution in [-0.4, -0.2) is 16.8 Å². The zero-order valence-electron chi connectivity index (χ0n) is 14.6. The van der Waals surface area contributed by atoms with Crippen molar-refractivity contribution in [3.05, 3.63) is 65.3 Å². The first-order chi connectivity index (χ1) is 13.3. The fraction of sp³-hybridized carbons (Fsp3) is 0.143. The molecule has 134 valence electrons. The van der Waals surface area contributed by atoms with E-state index in [0.717, 1.165) is 38.4 Å². The second-order valence-corrected chi connectivity index (χ2v) is 7.44. The fourth-order valence-corrected chi connectivity index (χ4v) is 4.27. The number of fused-ring (bicyclic) bond motifs is 2. The Morgan fingerprint density at radius 3 is 2.78 bits per heavy atom. The van der Waals surface area contributed by atoms with Crippen LogP contribution in [0.25, 0.3) is 21.3 Å². The molecule has 5 rings (SSSR count). The van der Waals surface area contributed by atoms with Gasteiger partial charge >= 0.3 is 0 Å². The van der Waals surface area contributed by atoms with Crippen molar-refractivity contribution in [3.63, 3.8) is 0 Å². The van der Waals surface area contributed by atoms with E-state index in [2.05, 4.69) is 29.0 Å². The Morgan fingerprint density at radius 2 is 1.89 bits per heavy atom. The number of benzene rings is 2. The molecule has 0 atom stereocenters. The second kappa shape index (κ2) is 6.55. The highest BCUT2D eigenvalue weighted by Crippen LogP contribution is 2.41. The average Bonchev–Trinajstić information content (AvgIpc) is 3.30. The zero-order valence-corrected chi connectivity index (χ0v) is 15.5. The number of hydrogen-bond donors (Lipinski definition) is 0. The van der Waals surface area contributed by atoms with E-state index in [1.165, 1.54) is 4.88 Å². The van der Waals surface area contributed by atoms with E-state index in [1.54, 1.807) is 17.7 Å². The molecule has 0 aliphatic carbocycles. The third-order valence-corrected chi connectivity index (χ3v) is 5.52. The summed E-state index contributed by atoms with van der Waals surface area (Å²) >= 11 is 1.66. The SMILES string of the molecule is Cc1sc2ncnc(OCc3ccc4c(c3)OCO4)c2c1-c1ccccc1. The summed E-state index contributed by atoms with van der Waals surface area (Å²) in [6.07, 6.45) is 1.56. The summed E-state index contributed by atoms with van der Waals surface area (Å²) < 4.78 is 16.9. The predicted octanol–water partition coefficient (Wildman–Crippen LogP) is 4.97. The molecule has 2 aromatic heterocycles. The number of thiophene rings is 1. The largest absolute Gasteiger partial charge is 0.472 e. The summed E-state index contributed by atoms with van der Waals surface area (Å²) in [4.78, 5) is 11.0. The Morgan fingerprint density at radius 1 is 1.04 bits per heavy atom. The highest BCUT2D eigenvalue weighted by Gasteiger charge is 2.18. The molecule has 2 aromatic carbocycles. The number of hydrogen-bond acceptors (Lipinski definition) is 6. The lowest BCUT2D eigenvalue weighted by atomic mass is 10.0. The Balaban J connectivity index is 1.52. The molecule has 0 unspecified atom stereocenters. The summed E-state index contributed by atoms with van der Waals surface area (Å²) in [5, 5.41) is 0.965. The maximum atomic E-state index is 6.10. The van der Waals surface area contributed by atoms with Crippen LogP contribution < -0.4 is 14.2 Å².